The van der Waals surface area contributed by atoms with Crippen LogP contribution in [0, 0.1) is 13.8 Å². The number of aromatic nitrogens is 2. The van der Waals surface area contributed by atoms with E-state index >= 15 is 0 Å². The van der Waals surface area contributed by atoms with E-state index < -0.39 is 21.8 Å². The number of carbonyl (C=O) groups excluding carboxylic acids is 2. The van der Waals surface area contributed by atoms with Crippen LogP contribution in [0.15, 0.2) is 73.1 Å². The summed E-state index contributed by atoms with van der Waals surface area (Å²) >= 11 is 0. The first-order chi connectivity index (χ1) is 22.1. The van der Waals surface area contributed by atoms with Crippen LogP contribution in [0.1, 0.15) is 46.3 Å². The molecule has 0 spiro atoms. The Morgan fingerprint density at radius 3 is 2.72 bits per heavy atom. The van der Waals surface area contributed by atoms with Gasteiger partial charge in [0.15, 0.2) is 5.75 Å². The first-order valence-electron chi connectivity index (χ1n) is 15.2. The normalized spacial score (nSPS) is 13.0. The van der Waals surface area contributed by atoms with Gasteiger partial charge >= 0.3 is 0 Å². The Balaban J connectivity index is 1.24. The lowest BCUT2D eigenvalue weighted by molar-refractivity contribution is -0.118. The van der Waals surface area contributed by atoms with Crippen molar-refractivity contribution < 1.29 is 32.0 Å². The summed E-state index contributed by atoms with van der Waals surface area (Å²) in [5.41, 5.74) is 5.85. The predicted molar refractivity (Wildman–Crippen MR) is 175 cm³/mol. The fourth-order valence-corrected chi connectivity index (χ4v) is 5.66. The molecule has 46 heavy (non-hydrogen) atoms. The number of nitrogens with zero attached hydrogens (tertiary/aromatic N) is 3. The zero-order chi connectivity index (χ0) is 32.7. The van der Waals surface area contributed by atoms with Crippen molar-refractivity contribution >= 4 is 27.6 Å². The van der Waals surface area contributed by atoms with Gasteiger partial charge in [0.1, 0.15) is 5.75 Å². The van der Waals surface area contributed by atoms with E-state index in [1.165, 1.54) is 5.56 Å². The number of carbonyl (C=O) groups is 2. The Kier molecular flexibility index (Phi) is 10.4. The van der Waals surface area contributed by atoms with E-state index in [1.54, 1.807) is 34.0 Å². The quantitative estimate of drug-likeness (QED) is 0.165. The van der Waals surface area contributed by atoms with Gasteiger partial charge in [0.25, 0.3) is 16.0 Å². The maximum absolute atomic E-state index is 13.4. The highest BCUT2D eigenvalue weighted by Gasteiger charge is 2.25. The van der Waals surface area contributed by atoms with Gasteiger partial charge in [-0.2, -0.15) is 13.5 Å². The lowest BCUT2D eigenvalue weighted by Crippen LogP contribution is -2.31. The number of benzene rings is 3. The van der Waals surface area contributed by atoms with Crippen LogP contribution in [-0.4, -0.2) is 66.6 Å². The molecule has 0 bridgehead atoms. The fourth-order valence-electron chi connectivity index (χ4n) is 5.30. The maximum Gasteiger partial charge on any atom is 0.266 e. The van der Waals surface area contributed by atoms with Crippen molar-refractivity contribution in [2.75, 3.05) is 37.0 Å². The third-order valence-corrected chi connectivity index (χ3v) is 8.55. The van der Waals surface area contributed by atoms with Crippen LogP contribution in [0.4, 0.5) is 5.69 Å². The van der Waals surface area contributed by atoms with E-state index in [4.69, 9.17) is 14.0 Å². The Morgan fingerprint density at radius 1 is 1.09 bits per heavy atom. The molecule has 0 saturated heterocycles. The molecule has 4 aromatic rings. The molecule has 2 N–H and O–H groups in total. The number of fused-ring (bicyclic) bond motifs is 1. The molecule has 2 heterocycles. The van der Waals surface area contributed by atoms with Crippen molar-refractivity contribution in [1.29, 1.82) is 0 Å². The lowest BCUT2D eigenvalue weighted by atomic mass is 10.1. The number of nitrogens with one attached hydrogen (secondary N) is 1. The highest BCUT2D eigenvalue weighted by atomic mass is 32.2. The van der Waals surface area contributed by atoms with Crippen molar-refractivity contribution in [3.63, 3.8) is 0 Å². The predicted octanol–water partition coefficient (Wildman–Crippen LogP) is 4.81. The summed E-state index contributed by atoms with van der Waals surface area (Å²) in [6, 6.07) is 18.7. The van der Waals surface area contributed by atoms with Crippen LogP contribution in [0.2, 0.25) is 0 Å². The summed E-state index contributed by atoms with van der Waals surface area (Å²) in [6.45, 7) is 5.77. The largest absolute Gasteiger partial charge is 0.493 e. The van der Waals surface area contributed by atoms with E-state index in [0.29, 0.717) is 56.9 Å². The first-order valence-corrected chi connectivity index (χ1v) is 16.8. The summed E-state index contributed by atoms with van der Waals surface area (Å²) in [5.74, 6) is 0.507. The van der Waals surface area contributed by atoms with Gasteiger partial charge in [-0.1, -0.05) is 36.4 Å². The standard InChI is InChI=1S/C34H38N4O7S/c1-24-8-3-13-31(25(24)2)44-17-6-14-32(39)38-16-7-18-45-33-29(11-5-12-30(33)38)28-21-36-37(23-28)22-26-9-4-10-27(20-26)34(40)35-15-19-46(41,42)43/h3-5,8-13,20-21,23H,6-7,14-19,22H2,1-2H3,(H,35,40)(H,41,42,43). The number of para-hydroxylation sites is 1. The molecule has 12 heteroatoms. The van der Waals surface area contributed by atoms with Gasteiger partial charge in [-0.3, -0.25) is 18.8 Å². The molecular weight excluding hydrogens is 608 g/mol. The highest BCUT2D eigenvalue weighted by molar-refractivity contribution is 7.85. The first kappa shape index (κ1) is 32.7. The molecule has 1 aromatic heterocycles. The molecule has 0 unspecified atom stereocenters. The Hall–Kier alpha value is -4.68. The lowest BCUT2D eigenvalue weighted by Gasteiger charge is -2.23. The maximum atomic E-state index is 13.4. The van der Waals surface area contributed by atoms with E-state index in [1.807, 2.05) is 62.5 Å². The minimum absolute atomic E-state index is 0.0195. The molecule has 242 valence electrons. The summed E-state index contributed by atoms with van der Waals surface area (Å²) in [6.07, 6.45) is 5.28. The monoisotopic (exact) mass is 646 g/mol. The smallest absolute Gasteiger partial charge is 0.266 e. The number of hydrogen-bond acceptors (Lipinski definition) is 7. The Morgan fingerprint density at radius 2 is 1.89 bits per heavy atom. The molecule has 0 atom stereocenters. The summed E-state index contributed by atoms with van der Waals surface area (Å²) < 4.78 is 44.6. The molecule has 0 fully saturated rings. The van der Waals surface area contributed by atoms with Crippen LogP contribution in [0.3, 0.4) is 0 Å². The van der Waals surface area contributed by atoms with Crippen LogP contribution < -0.4 is 19.7 Å². The van der Waals surface area contributed by atoms with Crippen LogP contribution in [0.5, 0.6) is 11.5 Å². The van der Waals surface area contributed by atoms with Gasteiger partial charge in [-0.25, -0.2) is 0 Å². The topological polar surface area (TPSA) is 140 Å². The van der Waals surface area contributed by atoms with Gasteiger partial charge in [0, 0.05) is 42.4 Å². The molecule has 0 aliphatic carbocycles. The fraction of sp³-hybridized carbons (Fsp3) is 0.324. The third-order valence-electron chi connectivity index (χ3n) is 7.83. The van der Waals surface area contributed by atoms with E-state index in [-0.39, 0.29) is 12.5 Å². The number of anilines is 1. The minimum Gasteiger partial charge on any atom is -0.493 e. The second kappa shape index (κ2) is 14.6. The zero-order valence-electron chi connectivity index (χ0n) is 25.9. The third kappa shape index (κ3) is 8.32. The van der Waals surface area contributed by atoms with Crippen molar-refractivity contribution in [1.82, 2.24) is 15.1 Å². The van der Waals surface area contributed by atoms with Gasteiger partial charge in [-0.05, 0) is 67.6 Å². The van der Waals surface area contributed by atoms with Crippen molar-refractivity contribution in [2.24, 2.45) is 0 Å². The SMILES string of the molecule is Cc1cccc(OCCCC(=O)N2CCCOc3c(-c4cnn(Cc5cccc(C(=O)NCCS(=O)(=O)O)c5)c4)cccc32)c1C. The minimum atomic E-state index is -4.16. The average Bonchev–Trinajstić information content (AvgIpc) is 3.37. The molecule has 0 radical (unpaired) electrons. The molecule has 3 aromatic carbocycles. The molecule has 1 aliphatic rings. The molecule has 5 rings (SSSR count). The average molecular weight is 647 g/mol. The number of ether oxygens (including phenoxy) is 2. The molecule has 0 saturated carbocycles. The van der Waals surface area contributed by atoms with Gasteiger partial charge in [0.2, 0.25) is 5.91 Å². The summed E-state index contributed by atoms with van der Waals surface area (Å²) in [4.78, 5) is 27.7. The van der Waals surface area contributed by atoms with Gasteiger partial charge < -0.3 is 19.7 Å². The highest BCUT2D eigenvalue weighted by Crippen LogP contribution is 2.40. The van der Waals surface area contributed by atoms with E-state index in [2.05, 4.69) is 10.4 Å². The number of hydrogen-bond donors (Lipinski definition) is 2. The summed E-state index contributed by atoms with van der Waals surface area (Å²) in [7, 11) is -4.16. The molecule has 11 nitrogen and oxygen atoms in total. The van der Waals surface area contributed by atoms with Crippen LogP contribution in [0.25, 0.3) is 11.1 Å². The number of aryl methyl sites for hydroxylation is 1. The number of rotatable bonds is 12. The Labute approximate surface area is 268 Å². The van der Waals surface area contributed by atoms with Crippen LogP contribution in [-0.2, 0) is 21.5 Å². The second-order valence-corrected chi connectivity index (χ2v) is 12.8. The van der Waals surface area contributed by atoms with Crippen molar-refractivity contribution in [2.45, 2.75) is 39.7 Å². The van der Waals surface area contributed by atoms with Crippen molar-refractivity contribution in [3.8, 4) is 22.6 Å². The van der Waals surface area contributed by atoms with Gasteiger partial charge in [-0.15, -0.1) is 0 Å². The molecular formula is C34H38N4O7S. The van der Waals surface area contributed by atoms with E-state index in [9.17, 15) is 18.0 Å². The van der Waals surface area contributed by atoms with E-state index in [0.717, 1.165) is 33.7 Å². The van der Waals surface area contributed by atoms with Gasteiger partial charge in [0.05, 0.1) is 37.4 Å². The summed E-state index contributed by atoms with van der Waals surface area (Å²) in [5, 5.41) is 7.02. The molecule has 2 amide bonds. The Bertz CT molecular complexity index is 1820. The number of amides is 2. The second-order valence-electron chi connectivity index (χ2n) is 11.2. The molecule has 1 aliphatic heterocycles. The zero-order valence-corrected chi connectivity index (χ0v) is 26.8. The van der Waals surface area contributed by atoms with Crippen molar-refractivity contribution in [3.05, 3.63) is 95.3 Å². The van der Waals surface area contributed by atoms with Crippen LogP contribution >= 0.6 is 0 Å².